The van der Waals surface area contributed by atoms with Crippen molar-refractivity contribution in [2.75, 3.05) is 36.1 Å². The lowest BCUT2D eigenvalue weighted by Crippen LogP contribution is -2.33. The molecular weight excluding hydrogens is 376 g/mol. The molecule has 162 valence electrons. The van der Waals surface area contributed by atoms with Crippen molar-refractivity contribution in [2.24, 2.45) is 11.8 Å². The van der Waals surface area contributed by atoms with Gasteiger partial charge in [-0.2, -0.15) is 4.98 Å². The predicted octanol–water partition coefficient (Wildman–Crippen LogP) is 4.85. The molecule has 0 saturated carbocycles. The maximum atomic E-state index is 7.52. The lowest BCUT2D eigenvalue weighted by atomic mass is 9.85. The molecule has 2 atom stereocenters. The second kappa shape index (κ2) is 10.3. The van der Waals surface area contributed by atoms with Crippen molar-refractivity contribution in [1.82, 2.24) is 9.97 Å². The number of ether oxygens (including phenoxy) is 1. The number of hydrogen-bond donors (Lipinski definition) is 3. The second-order valence-electron chi connectivity index (χ2n) is 8.05. The van der Waals surface area contributed by atoms with Crippen molar-refractivity contribution < 1.29 is 4.74 Å². The Morgan fingerprint density at radius 2 is 1.93 bits per heavy atom. The van der Waals surface area contributed by atoms with E-state index in [9.17, 15) is 0 Å². The van der Waals surface area contributed by atoms with Gasteiger partial charge >= 0.3 is 0 Å². The average molecular weight is 411 g/mol. The average Bonchev–Trinajstić information content (AvgIpc) is 2.75. The van der Waals surface area contributed by atoms with E-state index in [1.807, 2.05) is 12.1 Å². The molecule has 30 heavy (non-hydrogen) atoms. The molecule has 1 fully saturated rings. The number of aromatic nitrogens is 2. The first-order valence-electron chi connectivity index (χ1n) is 10.9. The van der Waals surface area contributed by atoms with Gasteiger partial charge in [0, 0.05) is 36.2 Å². The smallest absolute Gasteiger partial charge is 0.227 e. The molecule has 0 radical (unpaired) electrons. The quantitative estimate of drug-likeness (QED) is 0.445. The number of methoxy groups -OCH3 is 1. The highest BCUT2D eigenvalue weighted by Crippen LogP contribution is 2.31. The van der Waals surface area contributed by atoms with Crippen LogP contribution in [0.1, 0.15) is 51.5 Å². The third kappa shape index (κ3) is 5.20. The summed E-state index contributed by atoms with van der Waals surface area (Å²) >= 11 is 0. The highest BCUT2D eigenvalue weighted by Gasteiger charge is 2.22. The fraction of sp³-hybridized carbons (Fsp3) is 0.522. The minimum atomic E-state index is 0.572. The topological polar surface area (TPSA) is 100 Å². The Hall–Kier alpha value is -2.83. The molecule has 2 unspecified atom stereocenters. The van der Waals surface area contributed by atoms with E-state index in [0.717, 1.165) is 36.6 Å². The van der Waals surface area contributed by atoms with Gasteiger partial charge in [0.2, 0.25) is 5.95 Å². The van der Waals surface area contributed by atoms with Gasteiger partial charge in [0.25, 0.3) is 0 Å². The van der Waals surface area contributed by atoms with E-state index in [4.69, 9.17) is 20.9 Å². The Labute approximate surface area is 179 Å². The third-order valence-corrected chi connectivity index (χ3v) is 6.19. The first kappa shape index (κ1) is 21.9. The minimum Gasteiger partial charge on any atom is -0.491 e. The normalized spacial score (nSPS) is 19.6. The van der Waals surface area contributed by atoms with E-state index in [2.05, 4.69) is 29.0 Å². The van der Waals surface area contributed by atoms with Crippen molar-refractivity contribution in [3.05, 3.63) is 30.0 Å². The Morgan fingerprint density at radius 3 is 2.53 bits per heavy atom. The van der Waals surface area contributed by atoms with Gasteiger partial charge in [-0.3, -0.25) is 0 Å². The van der Waals surface area contributed by atoms with E-state index in [1.165, 1.54) is 38.3 Å². The Kier molecular flexibility index (Phi) is 7.49. The van der Waals surface area contributed by atoms with Crippen LogP contribution in [0.3, 0.4) is 0 Å². The van der Waals surface area contributed by atoms with Crippen LogP contribution in [0.4, 0.5) is 23.1 Å². The molecule has 3 rings (SSSR count). The summed E-state index contributed by atoms with van der Waals surface area (Å²) < 4.78 is 5.48. The van der Waals surface area contributed by atoms with Crippen LogP contribution in [0.5, 0.6) is 5.75 Å². The molecule has 1 aromatic carbocycles. The van der Waals surface area contributed by atoms with E-state index in [0.29, 0.717) is 22.8 Å². The summed E-state index contributed by atoms with van der Waals surface area (Å²) in [5.41, 5.74) is 7.94. The zero-order valence-corrected chi connectivity index (χ0v) is 18.3. The van der Waals surface area contributed by atoms with Crippen LogP contribution >= 0.6 is 0 Å². The zero-order valence-electron chi connectivity index (χ0n) is 18.3. The van der Waals surface area contributed by atoms with Gasteiger partial charge in [-0.05, 0) is 49.3 Å². The van der Waals surface area contributed by atoms with Crippen LogP contribution in [0.2, 0.25) is 0 Å². The number of benzene rings is 1. The van der Waals surface area contributed by atoms with Gasteiger partial charge in [0.15, 0.2) is 11.6 Å². The predicted molar refractivity (Wildman–Crippen MR) is 124 cm³/mol. The number of nitrogen functional groups attached to an aromatic ring is 1. The standard InChI is InChI=1S/C23H34N6O/c1-4-16-8-10-29(11-9-17(5-2)12-16)23-26-15-21(30-3)22(28-23)27-19-6-7-20(25)18(13-19)14-24/h6-7,13-17,24H,4-5,8-12,25H2,1-3H3,(H,26,27,28). The molecule has 7 heteroatoms. The summed E-state index contributed by atoms with van der Waals surface area (Å²) in [7, 11) is 1.61. The van der Waals surface area contributed by atoms with E-state index in [1.54, 1.807) is 19.4 Å². The van der Waals surface area contributed by atoms with Crippen molar-refractivity contribution in [1.29, 1.82) is 5.41 Å². The van der Waals surface area contributed by atoms with Crippen molar-refractivity contribution >= 4 is 29.4 Å². The van der Waals surface area contributed by atoms with Gasteiger partial charge in [0.05, 0.1) is 13.3 Å². The van der Waals surface area contributed by atoms with Gasteiger partial charge in [-0.25, -0.2) is 4.98 Å². The molecule has 0 bridgehead atoms. The Balaban J connectivity index is 1.85. The van der Waals surface area contributed by atoms with Gasteiger partial charge in [-0.1, -0.05) is 26.7 Å². The maximum Gasteiger partial charge on any atom is 0.227 e. The maximum absolute atomic E-state index is 7.52. The molecule has 0 amide bonds. The summed E-state index contributed by atoms with van der Waals surface area (Å²) in [6.45, 7) is 6.54. The van der Waals surface area contributed by atoms with Crippen molar-refractivity contribution in [2.45, 2.75) is 46.0 Å². The number of anilines is 4. The number of nitrogens with zero attached hydrogens (tertiary/aromatic N) is 3. The van der Waals surface area contributed by atoms with Gasteiger partial charge in [0.1, 0.15) is 0 Å². The molecule has 1 saturated heterocycles. The molecule has 0 spiro atoms. The van der Waals surface area contributed by atoms with E-state index < -0.39 is 0 Å². The molecule has 1 aromatic heterocycles. The highest BCUT2D eigenvalue weighted by atomic mass is 16.5. The van der Waals surface area contributed by atoms with Gasteiger partial charge < -0.3 is 26.1 Å². The molecule has 4 N–H and O–H groups in total. The molecule has 7 nitrogen and oxygen atoms in total. The molecular formula is C23H34N6O. The first-order chi connectivity index (χ1) is 14.6. The number of rotatable bonds is 7. The fourth-order valence-electron chi connectivity index (χ4n) is 4.10. The lowest BCUT2D eigenvalue weighted by Gasteiger charge is -2.32. The second-order valence-corrected chi connectivity index (χ2v) is 8.05. The van der Waals surface area contributed by atoms with Crippen molar-refractivity contribution in [3.63, 3.8) is 0 Å². The molecule has 2 aromatic rings. The number of nitrogens with two attached hydrogens (primary N) is 1. The van der Waals surface area contributed by atoms with Crippen LogP contribution < -0.4 is 20.7 Å². The first-order valence-corrected chi connectivity index (χ1v) is 10.9. The van der Waals surface area contributed by atoms with Crippen LogP contribution in [-0.4, -0.2) is 36.4 Å². The summed E-state index contributed by atoms with van der Waals surface area (Å²) in [4.78, 5) is 11.7. The van der Waals surface area contributed by atoms with Crippen LogP contribution in [0.25, 0.3) is 0 Å². The molecule has 0 aliphatic carbocycles. The lowest BCUT2D eigenvalue weighted by molar-refractivity contribution is 0.305. The minimum absolute atomic E-state index is 0.572. The number of nitrogens with one attached hydrogen (secondary N) is 2. The van der Waals surface area contributed by atoms with Gasteiger partial charge in [-0.15, -0.1) is 0 Å². The Bertz CT molecular complexity index is 842. The van der Waals surface area contributed by atoms with Crippen LogP contribution in [-0.2, 0) is 0 Å². The summed E-state index contributed by atoms with van der Waals surface area (Å²) in [5, 5.41) is 10.8. The van der Waals surface area contributed by atoms with Crippen LogP contribution in [0.15, 0.2) is 24.4 Å². The summed E-state index contributed by atoms with van der Waals surface area (Å²) in [5.74, 6) is 3.46. The molecule has 1 aliphatic rings. The monoisotopic (exact) mass is 410 g/mol. The molecule has 2 heterocycles. The molecule has 1 aliphatic heterocycles. The highest BCUT2D eigenvalue weighted by molar-refractivity contribution is 5.87. The van der Waals surface area contributed by atoms with Crippen LogP contribution in [0, 0.1) is 17.2 Å². The fourth-order valence-corrected chi connectivity index (χ4v) is 4.10. The summed E-state index contributed by atoms with van der Waals surface area (Å²) in [6.07, 6.45) is 9.12. The number of hydrogen-bond acceptors (Lipinski definition) is 7. The SMILES string of the molecule is CCC1CCN(c2ncc(OC)c(Nc3ccc(N)c(C=N)c3)n2)CCC(CC)C1. The largest absolute Gasteiger partial charge is 0.491 e. The Morgan fingerprint density at radius 1 is 1.23 bits per heavy atom. The zero-order chi connectivity index (χ0) is 21.5. The van der Waals surface area contributed by atoms with E-state index in [-0.39, 0.29) is 0 Å². The van der Waals surface area contributed by atoms with Crippen molar-refractivity contribution in [3.8, 4) is 5.75 Å². The third-order valence-electron chi connectivity index (χ3n) is 6.19. The van der Waals surface area contributed by atoms with E-state index >= 15 is 0 Å². The summed E-state index contributed by atoms with van der Waals surface area (Å²) in [6, 6.07) is 5.49.